The summed E-state index contributed by atoms with van der Waals surface area (Å²) in [4.78, 5) is 2.50. The summed E-state index contributed by atoms with van der Waals surface area (Å²) >= 11 is 6.22. The molecule has 1 aliphatic rings. The van der Waals surface area contributed by atoms with Gasteiger partial charge in [-0.25, -0.2) is 0 Å². The number of rotatable bonds is 6. The van der Waals surface area contributed by atoms with Gasteiger partial charge in [-0.15, -0.1) is 0 Å². The van der Waals surface area contributed by atoms with Gasteiger partial charge in [0.05, 0.1) is 7.11 Å². The van der Waals surface area contributed by atoms with E-state index in [2.05, 4.69) is 17.1 Å². The number of halogens is 1. The van der Waals surface area contributed by atoms with Crippen LogP contribution in [-0.2, 0) is 6.54 Å². The van der Waals surface area contributed by atoms with Crippen LogP contribution in [0.2, 0.25) is 5.02 Å². The average molecular weight is 283 g/mol. The van der Waals surface area contributed by atoms with Gasteiger partial charge in [-0.05, 0) is 44.1 Å². The standard InChI is InChI=1S/C15H23ClN2O/c1-3-18-8-7-12(11-18)9-17-10-13-14(16)5-4-6-15(13)19-2/h4-6,12,17H,3,7-11H2,1-2H3. The number of hydrogen-bond donors (Lipinski definition) is 1. The minimum absolute atomic E-state index is 0.758. The van der Waals surface area contributed by atoms with E-state index in [0.29, 0.717) is 0 Å². The Balaban J connectivity index is 1.83. The zero-order valence-electron chi connectivity index (χ0n) is 11.8. The Morgan fingerprint density at radius 1 is 1.47 bits per heavy atom. The van der Waals surface area contributed by atoms with Crippen molar-refractivity contribution in [3.8, 4) is 5.75 Å². The Kier molecular flexibility index (Phi) is 5.49. The summed E-state index contributed by atoms with van der Waals surface area (Å²) < 4.78 is 5.35. The second kappa shape index (κ2) is 7.13. The predicted molar refractivity (Wildman–Crippen MR) is 79.9 cm³/mol. The molecule has 106 valence electrons. The molecule has 3 nitrogen and oxygen atoms in total. The summed E-state index contributed by atoms with van der Waals surface area (Å²) in [6.45, 7) is 7.65. The highest BCUT2D eigenvalue weighted by molar-refractivity contribution is 6.31. The number of ether oxygens (including phenoxy) is 1. The summed E-state index contributed by atoms with van der Waals surface area (Å²) in [6, 6.07) is 5.79. The summed E-state index contributed by atoms with van der Waals surface area (Å²) in [6.07, 6.45) is 1.29. The van der Waals surface area contributed by atoms with E-state index in [4.69, 9.17) is 16.3 Å². The van der Waals surface area contributed by atoms with Crippen molar-refractivity contribution in [2.45, 2.75) is 19.9 Å². The molecule has 4 heteroatoms. The van der Waals surface area contributed by atoms with Gasteiger partial charge in [0.25, 0.3) is 0 Å². The highest BCUT2D eigenvalue weighted by atomic mass is 35.5. The van der Waals surface area contributed by atoms with Gasteiger partial charge in [-0.3, -0.25) is 0 Å². The van der Waals surface area contributed by atoms with Gasteiger partial charge in [-0.2, -0.15) is 0 Å². The molecule has 1 aromatic carbocycles. The lowest BCUT2D eigenvalue weighted by molar-refractivity contribution is 0.338. The van der Waals surface area contributed by atoms with Crippen LogP contribution >= 0.6 is 11.6 Å². The molecule has 1 unspecified atom stereocenters. The lowest BCUT2D eigenvalue weighted by atomic mass is 10.1. The quantitative estimate of drug-likeness (QED) is 0.868. The van der Waals surface area contributed by atoms with E-state index < -0.39 is 0 Å². The molecule has 0 amide bonds. The maximum absolute atomic E-state index is 6.22. The van der Waals surface area contributed by atoms with Crippen LogP contribution in [0, 0.1) is 5.92 Å². The second-order valence-electron chi connectivity index (χ2n) is 5.10. The lowest BCUT2D eigenvalue weighted by Crippen LogP contribution is -2.26. The first kappa shape index (κ1) is 14.6. The molecule has 1 saturated heterocycles. The molecule has 1 aliphatic heterocycles. The van der Waals surface area contributed by atoms with Gasteiger partial charge in [0.1, 0.15) is 5.75 Å². The van der Waals surface area contributed by atoms with Crippen molar-refractivity contribution in [2.75, 3.05) is 33.3 Å². The van der Waals surface area contributed by atoms with Crippen molar-refractivity contribution >= 4 is 11.6 Å². The monoisotopic (exact) mass is 282 g/mol. The molecular weight excluding hydrogens is 260 g/mol. The Hall–Kier alpha value is -0.770. The third-order valence-corrected chi connectivity index (χ3v) is 4.20. The van der Waals surface area contributed by atoms with Gasteiger partial charge in [0, 0.05) is 23.7 Å². The van der Waals surface area contributed by atoms with Crippen LogP contribution in [0.1, 0.15) is 18.9 Å². The molecule has 0 spiro atoms. The van der Waals surface area contributed by atoms with Gasteiger partial charge < -0.3 is 15.0 Å². The first-order chi connectivity index (χ1) is 9.24. The normalized spacial score (nSPS) is 19.8. The third kappa shape index (κ3) is 3.85. The fourth-order valence-electron chi connectivity index (χ4n) is 2.67. The minimum atomic E-state index is 0.758. The highest BCUT2D eigenvalue weighted by Gasteiger charge is 2.20. The molecule has 2 rings (SSSR count). The third-order valence-electron chi connectivity index (χ3n) is 3.85. The van der Waals surface area contributed by atoms with E-state index in [1.165, 1.54) is 19.5 Å². The molecule has 1 N–H and O–H groups in total. The molecule has 1 aromatic rings. The fraction of sp³-hybridized carbons (Fsp3) is 0.600. The maximum atomic E-state index is 6.22. The summed E-state index contributed by atoms with van der Waals surface area (Å²) in [7, 11) is 1.69. The van der Waals surface area contributed by atoms with Crippen molar-refractivity contribution in [3.05, 3.63) is 28.8 Å². The zero-order chi connectivity index (χ0) is 13.7. The minimum Gasteiger partial charge on any atom is -0.496 e. The van der Waals surface area contributed by atoms with Crippen LogP contribution in [0.5, 0.6) is 5.75 Å². The largest absolute Gasteiger partial charge is 0.496 e. The van der Waals surface area contributed by atoms with Crippen LogP contribution in [0.4, 0.5) is 0 Å². The van der Waals surface area contributed by atoms with Gasteiger partial charge >= 0.3 is 0 Å². The fourth-order valence-corrected chi connectivity index (χ4v) is 2.90. The summed E-state index contributed by atoms with van der Waals surface area (Å²) in [5.74, 6) is 1.62. The molecule has 0 aromatic heterocycles. The van der Waals surface area contributed by atoms with Gasteiger partial charge in [0.2, 0.25) is 0 Å². The maximum Gasteiger partial charge on any atom is 0.124 e. The van der Waals surface area contributed by atoms with Crippen molar-refractivity contribution in [1.29, 1.82) is 0 Å². The van der Waals surface area contributed by atoms with Crippen molar-refractivity contribution in [3.63, 3.8) is 0 Å². The Morgan fingerprint density at radius 3 is 3.00 bits per heavy atom. The number of methoxy groups -OCH3 is 1. The van der Waals surface area contributed by atoms with Crippen molar-refractivity contribution in [2.24, 2.45) is 5.92 Å². The van der Waals surface area contributed by atoms with Crippen molar-refractivity contribution in [1.82, 2.24) is 10.2 Å². The highest BCUT2D eigenvalue weighted by Crippen LogP contribution is 2.26. The number of nitrogens with one attached hydrogen (secondary N) is 1. The van der Waals surface area contributed by atoms with Gasteiger partial charge in [-0.1, -0.05) is 24.6 Å². The topological polar surface area (TPSA) is 24.5 Å². The Morgan fingerprint density at radius 2 is 2.32 bits per heavy atom. The number of nitrogens with zero attached hydrogens (tertiary/aromatic N) is 1. The van der Waals surface area contributed by atoms with E-state index in [0.717, 1.165) is 41.9 Å². The predicted octanol–water partition coefficient (Wildman–Crippen LogP) is 2.78. The number of benzene rings is 1. The second-order valence-corrected chi connectivity index (χ2v) is 5.51. The van der Waals surface area contributed by atoms with E-state index in [1.807, 2.05) is 18.2 Å². The number of hydrogen-bond acceptors (Lipinski definition) is 3. The molecular formula is C15H23ClN2O. The van der Waals surface area contributed by atoms with Gasteiger partial charge in [0.15, 0.2) is 0 Å². The molecule has 1 atom stereocenters. The molecule has 1 heterocycles. The van der Waals surface area contributed by atoms with Crippen LogP contribution in [0.25, 0.3) is 0 Å². The SMILES string of the molecule is CCN1CCC(CNCc2c(Cl)cccc2OC)C1. The van der Waals surface area contributed by atoms with E-state index >= 15 is 0 Å². The van der Waals surface area contributed by atoms with Crippen LogP contribution in [0.3, 0.4) is 0 Å². The van der Waals surface area contributed by atoms with Crippen LogP contribution in [0.15, 0.2) is 18.2 Å². The van der Waals surface area contributed by atoms with Crippen LogP contribution < -0.4 is 10.1 Å². The van der Waals surface area contributed by atoms with E-state index in [-0.39, 0.29) is 0 Å². The Bertz CT molecular complexity index is 411. The smallest absolute Gasteiger partial charge is 0.124 e. The average Bonchev–Trinajstić information content (AvgIpc) is 2.88. The Labute approximate surface area is 120 Å². The molecule has 19 heavy (non-hydrogen) atoms. The molecule has 0 aliphatic carbocycles. The van der Waals surface area contributed by atoms with Crippen molar-refractivity contribution < 1.29 is 4.74 Å². The molecule has 1 fully saturated rings. The first-order valence-corrected chi connectivity index (χ1v) is 7.36. The molecule has 0 bridgehead atoms. The zero-order valence-corrected chi connectivity index (χ0v) is 12.5. The lowest BCUT2D eigenvalue weighted by Gasteiger charge is -2.15. The summed E-state index contributed by atoms with van der Waals surface area (Å²) in [5.41, 5.74) is 1.05. The first-order valence-electron chi connectivity index (χ1n) is 6.99. The molecule has 0 radical (unpaired) electrons. The van der Waals surface area contributed by atoms with E-state index in [1.54, 1.807) is 7.11 Å². The van der Waals surface area contributed by atoms with E-state index in [9.17, 15) is 0 Å². The molecule has 0 saturated carbocycles. The summed E-state index contributed by atoms with van der Waals surface area (Å²) in [5, 5.41) is 4.28. The van der Waals surface area contributed by atoms with Crippen LogP contribution in [-0.4, -0.2) is 38.2 Å². The number of likely N-dealkylation sites (tertiary alicyclic amines) is 1.